The molecule has 90 valence electrons. The Labute approximate surface area is 106 Å². The average Bonchev–Trinajstić information content (AvgIpc) is 2.85. The molecule has 1 unspecified atom stereocenters. The first-order chi connectivity index (χ1) is 7.68. The van der Waals surface area contributed by atoms with Crippen LogP contribution < -0.4 is 5.32 Å². The zero-order valence-corrected chi connectivity index (χ0v) is 11.9. The molecule has 4 heteroatoms. The van der Waals surface area contributed by atoms with Crippen molar-refractivity contribution < 1.29 is 0 Å². The van der Waals surface area contributed by atoms with E-state index in [4.69, 9.17) is 4.98 Å². The lowest BCUT2D eigenvalue weighted by Crippen LogP contribution is -2.42. The van der Waals surface area contributed by atoms with Gasteiger partial charge in [-0.1, -0.05) is 6.92 Å². The topological polar surface area (TPSA) is 24.9 Å². The summed E-state index contributed by atoms with van der Waals surface area (Å²) in [6.45, 7) is 7.61. The van der Waals surface area contributed by atoms with Gasteiger partial charge in [0.2, 0.25) is 0 Å². The second kappa shape index (κ2) is 5.07. The summed E-state index contributed by atoms with van der Waals surface area (Å²) < 4.78 is 0. The summed E-state index contributed by atoms with van der Waals surface area (Å²) in [7, 11) is 0. The van der Waals surface area contributed by atoms with Gasteiger partial charge in [-0.15, -0.1) is 11.3 Å². The third-order valence-corrected chi connectivity index (χ3v) is 5.64. The van der Waals surface area contributed by atoms with Crippen LogP contribution in [0.1, 0.15) is 35.3 Å². The maximum Gasteiger partial charge on any atom is 0.114 e. The molecular weight excluding hydrogens is 236 g/mol. The summed E-state index contributed by atoms with van der Waals surface area (Å²) in [4.78, 5) is 6.13. The van der Waals surface area contributed by atoms with Crippen molar-refractivity contribution in [1.29, 1.82) is 0 Å². The summed E-state index contributed by atoms with van der Waals surface area (Å²) in [6.07, 6.45) is 2.42. The summed E-state index contributed by atoms with van der Waals surface area (Å²) in [5, 5.41) is 5.04. The van der Waals surface area contributed by atoms with Crippen LogP contribution in [0.15, 0.2) is 0 Å². The van der Waals surface area contributed by atoms with Crippen molar-refractivity contribution in [2.24, 2.45) is 0 Å². The van der Waals surface area contributed by atoms with Gasteiger partial charge in [0, 0.05) is 10.6 Å². The van der Waals surface area contributed by atoms with Crippen molar-refractivity contribution in [2.75, 3.05) is 18.1 Å². The first kappa shape index (κ1) is 12.4. The second-order valence-corrected chi connectivity index (χ2v) is 6.78. The molecule has 0 radical (unpaired) electrons. The molecule has 2 heterocycles. The van der Waals surface area contributed by atoms with Gasteiger partial charge in [0.05, 0.1) is 11.2 Å². The molecule has 1 aromatic rings. The Morgan fingerprint density at radius 2 is 2.25 bits per heavy atom. The fourth-order valence-electron chi connectivity index (χ4n) is 1.99. The van der Waals surface area contributed by atoms with E-state index in [9.17, 15) is 0 Å². The van der Waals surface area contributed by atoms with Crippen molar-refractivity contribution in [3.63, 3.8) is 0 Å². The van der Waals surface area contributed by atoms with Crippen LogP contribution in [0.4, 0.5) is 0 Å². The lowest BCUT2D eigenvalue weighted by Gasteiger charge is -2.27. The molecule has 0 aliphatic carbocycles. The number of aryl methyl sites for hydroxylation is 2. The van der Waals surface area contributed by atoms with Crippen LogP contribution in [-0.4, -0.2) is 23.0 Å². The molecule has 1 saturated heterocycles. The second-order valence-electron chi connectivity index (χ2n) is 4.47. The van der Waals surface area contributed by atoms with Crippen LogP contribution in [0.2, 0.25) is 0 Å². The molecule has 16 heavy (non-hydrogen) atoms. The van der Waals surface area contributed by atoms with Crippen molar-refractivity contribution in [1.82, 2.24) is 10.3 Å². The number of thiazole rings is 1. The first-order valence-electron chi connectivity index (χ1n) is 5.95. The molecule has 1 aliphatic heterocycles. The number of hydrogen-bond acceptors (Lipinski definition) is 4. The predicted molar refractivity (Wildman–Crippen MR) is 73.5 cm³/mol. The summed E-state index contributed by atoms with van der Waals surface area (Å²) in [6, 6.07) is 0. The van der Waals surface area contributed by atoms with Gasteiger partial charge in [-0.05, 0) is 39.0 Å². The van der Waals surface area contributed by atoms with E-state index in [1.807, 2.05) is 23.1 Å². The van der Waals surface area contributed by atoms with Crippen LogP contribution in [0.25, 0.3) is 0 Å². The highest BCUT2D eigenvalue weighted by Gasteiger charge is 2.38. The summed E-state index contributed by atoms with van der Waals surface area (Å²) >= 11 is 3.92. The smallest absolute Gasteiger partial charge is 0.114 e. The third kappa shape index (κ3) is 2.29. The van der Waals surface area contributed by atoms with Gasteiger partial charge in [0.15, 0.2) is 0 Å². The van der Waals surface area contributed by atoms with Gasteiger partial charge in [0.25, 0.3) is 0 Å². The van der Waals surface area contributed by atoms with E-state index in [-0.39, 0.29) is 5.54 Å². The number of hydrogen-bond donors (Lipinski definition) is 1. The molecule has 1 N–H and O–H groups in total. The van der Waals surface area contributed by atoms with E-state index in [1.54, 1.807) is 0 Å². The van der Waals surface area contributed by atoms with Crippen LogP contribution in [0.5, 0.6) is 0 Å². The number of nitrogens with one attached hydrogen (secondary N) is 1. The molecule has 0 aromatic carbocycles. The SMILES string of the molecule is CCCNC1(c2nc(C)c(C)s2)CCSC1. The minimum atomic E-state index is 0.171. The summed E-state index contributed by atoms with van der Waals surface area (Å²) in [5.74, 6) is 2.44. The molecule has 0 spiro atoms. The van der Waals surface area contributed by atoms with E-state index in [0.29, 0.717) is 0 Å². The Morgan fingerprint density at radius 1 is 1.44 bits per heavy atom. The van der Waals surface area contributed by atoms with Crippen molar-refractivity contribution in [3.05, 3.63) is 15.6 Å². The Morgan fingerprint density at radius 3 is 2.75 bits per heavy atom. The maximum absolute atomic E-state index is 4.76. The molecule has 2 nitrogen and oxygen atoms in total. The van der Waals surface area contributed by atoms with E-state index in [2.05, 4.69) is 26.1 Å². The number of rotatable bonds is 4. The molecule has 1 atom stereocenters. The van der Waals surface area contributed by atoms with Crippen molar-refractivity contribution in [2.45, 2.75) is 39.2 Å². The number of thioether (sulfide) groups is 1. The summed E-state index contributed by atoms with van der Waals surface area (Å²) in [5.41, 5.74) is 1.37. The first-order valence-corrected chi connectivity index (χ1v) is 7.92. The van der Waals surface area contributed by atoms with E-state index >= 15 is 0 Å². The number of aromatic nitrogens is 1. The lowest BCUT2D eigenvalue weighted by molar-refractivity contribution is 0.375. The average molecular weight is 256 g/mol. The van der Waals surface area contributed by atoms with Gasteiger partial charge in [0.1, 0.15) is 5.01 Å². The van der Waals surface area contributed by atoms with Gasteiger partial charge < -0.3 is 5.32 Å². The molecule has 0 bridgehead atoms. The predicted octanol–water partition coefficient (Wildman–Crippen LogP) is 3.09. The largest absolute Gasteiger partial charge is 0.305 e. The molecule has 0 amide bonds. The van der Waals surface area contributed by atoms with Gasteiger partial charge in [-0.3, -0.25) is 0 Å². The standard InChI is InChI=1S/C12H20N2S2/c1-4-6-13-12(5-7-15-8-12)11-14-9(2)10(3)16-11/h13H,4-8H2,1-3H3. The molecule has 1 aliphatic rings. The van der Waals surface area contributed by atoms with Crippen LogP contribution >= 0.6 is 23.1 Å². The normalized spacial score (nSPS) is 25.2. The Bertz CT molecular complexity index is 334. The molecule has 0 saturated carbocycles. The van der Waals surface area contributed by atoms with Gasteiger partial charge in [-0.2, -0.15) is 11.8 Å². The van der Waals surface area contributed by atoms with Crippen LogP contribution in [0.3, 0.4) is 0 Å². The lowest BCUT2D eigenvalue weighted by atomic mass is 10.00. The Hall–Kier alpha value is -0.0600. The minimum absolute atomic E-state index is 0.171. The minimum Gasteiger partial charge on any atom is -0.305 e. The Kier molecular flexibility index (Phi) is 3.93. The quantitative estimate of drug-likeness (QED) is 0.896. The van der Waals surface area contributed by atoms with Crippen molar-refractivity contribution >= 4 is 23.1 Å². The highest BCUT2D eigenvalue weighted by atomic mass is 32.2. The van der Waals surface area contributed by atoms with Crippen molar-refractivity contribution in [3.8, 4) is 0 Å². The van der Waals surface area contributed by atoms with Crippen LogP contribution in [0, 0.1) is 13.8 Å². The zero-order valence-electron chi connectivity index (χ0n) is 10.3. The highest BCUT2D eigenvalue weighted by Crippen LogP contribution is 2.39. The van der Waals surface area contributed by atoms with Crippen LogP contribution in [-0.2, 0) is 5.54 Å². The van der Waals surface area contributed by atoms with Gasteiger partial charge in [-0.25, -0.2) is 4.98 Å². The zero-order chi connectivity index (χ0) is 11.6. The highest BCUT2D eigenvalue weighted by molar-refractivity contribution is 7.99. The molecule has 2 rings (SSSR count). The van der Waals surface area contributed by atoms with E-state index < -0.39 is 0 Å². The molecule has 1 aromatic heterocycles. The van der Waals surface area contributed by atoms with E-state index in [1.165, 1.54) is 39.9 Å². The third-order valence-electron chi connectivity index (χ3n) is 3.17. The number of nitrogens with zero attached hydrogens (tertiary/aromatic N) is 1. The van der Waals surface area contributed by atoms with E-state index in [0.717, 1.165) is 6.54 Å². The Balaban J connectivity index is 2.24. The molecular formula is C12H20N2S2. The monoisotopic (exact) mass is 256 g/mol. The molecule has 1 fully saturated rings. The fraction of sp³-hybridized carbons (Fsp3) is 0.750. The maximum atomic E-state index is 4.76. The fourth-order valence-corrected chi connectivity index (χ4v) is 4.56. The van der Waals surface area contributed by atoms with Gasteiger partial charge >= 0.3 is 0 Å².